The predicted molar refractivity (Wildman–Crippen MR) is 91.7 cm³/mol. The lowest BCUT2D eigenvalue weighted by atomic mass is 9.94. The Bertz CT molecular complexity index is 567. The second kappa shape index (κ2) is 6.79. The van der Waals surface area contributed by atoms with E-state index in [1.165, 1.54) is 5.56 Å². The van der Waals surface area contributed by atoms with E-state index in [0.29, 0.717) is 6.04 Å². The molecule has 23 heavy (non-hydrogen) atoms. The molecule has 1 amide bonds. The van der Waals surface area contributed by atoms with E-state index >= 15 is 0 Å². The van der Waals surface area contributed by atoms with Crippen molar-refractivity contribution >= 4 is 11.6 Å². The summed E-state index contributed by atoms with van der Waals surface area (Å²) in [5, 5.41) is 3.43. The molecule has 0 aromatic heterocycles. The molecule has 1 aromatic carbocycles. The number of nitrogens with two attached hydrogens (primary N) is 1. The van der Waals surface area contributed by atoms with E-state index < -0.39 is 0 Å². The SMILES string of the molecule is CC1CNc2cc(CC(C)N3CCC(C(N)=O)CC3)ccc2O1. The van der Waals surface area contributed by atoms with E-state index in [0.717, 1.165) is 50.3 Å². The lowest BCUT2D eigenvalue weighted by molar-refractivity contribution is -0.123. The van der Waals surface area contributed by atoms with Gasteiger partial charge >= 0.3 is 0 Å². The molecule has 0 saturated carbocycles. The fraction of sp³-hybridized carbons (Fsp3) is 0.611. The summed E-state index contributed by atoms with van der Waals surface area (Å²) in [6.07, 6.45) is 3.00. The molecule has 5 nitrogen and oxygen atoms in total. The monoisotopic (exact) mass is 317 g/mol. The molecule has 5 heteroatoms. The van der Waals surface area contributed by atoms with Crippen molar-refractivity contribution in [2.24, 2.45) is 11.7 Å². The smallest absolute Gasteiger partial charge is 0.220 e. The summed E-state index contributed by atoms with van der Waals surface area (Å²) in [4.78, 5) is 13.7. The summed E-state index contributed by atoms with van der Waals surface area (Å²) in [7, 11) is 0. The van der Waals surface area contributed by atoms with E-state index in [2.05, 4.69) is 42.3 Å². The first kappa shape index (κ1) is 16.1. The van der Waals surface area contributed by atoms with Crippen LogP contribution in [0.25, 0.3) is 0 Å². The Labute approximate surface area is 138 Å². The second-order valence-electron chi connectivity index (χ2n) is 6.91. The molecule has 3 rings (SSSR count). The number of anilines is 1. The number of carbonyl (C=O) groups excluding carboxylic acids is 1. The normalized spacial score (nSPS) is 23.5. The van der Waals surface area contributed by atoms with Crippen LogP contribution in [-0.4, -0.2) is 42.6 Å². The number of likely N-dealkylation sites (tertiary alicyclic amines) is 1. The molecule has 0 radical (unpaired) electrons. The number of rotatable bonds is 4. The molecule has 2 aliphatic heterocycles. The molecule has 2 unspecified atom stereocenters. The number of ether oxygens (including phenoxy) is 1. The number of fused-ring (bicyclic) bond motifs is 1. The molecular formula is C18H27N3O2. The molecule has 3 N–H and O–H groups in total. The fourth-order valence-electron chi connectivity index (χ4n) is 3.55. The van der Waals surface area contributed by atoms with Gasteiger partial charge in [-0.1, -0.05) is 6.07 Å². The summed E-state index contributed by atoms with van der Waals surface area (Å²) >= 11 is 0. The van der Waals surface area contributed by atoms with Gasteiger partial charge in [0.25, 0.3) is 0 Å². The number of primary amides is 1. The van der Waals surface area contributed by atoms with Gasteiger partial charge in [-0.05, 0) is 63.9 Å². The van der Waals surface area contributed by atoms with Gasteiger partial charge in [0.15, 0.2) is 0 Å². The largest absolute Gasteiger partial charge is 0.487 e. The zero-order valence-electron chi connectivity index (χ0n) is 14.0. The Kier molecular flexibility index (Phi) is 4.76. The molecule has 2 atom stereocenters. The van der Waals surface area contributed by atoms with E-state index in [4.69, 9.17) is 10.5 Å². The molecule has 126 valence electrons. The van der Waals surface area contributed by atoms with Gasteiger partial charge in [0.1, 0.15) is 11.9 Å². The number of nitrogens with zero attached hydrogens (tertiary/aromatic N) is 1. The van der Waals surface area contributed by atoms with E-state index in [1.807, 2.05) is 0 Å². The Balaban J connectivity index is 1.58. The van der Waals surface area contributed by atoms with Gasteiger partial charge in [-0.2, -0.15) is 0 Å². The highest BCUT2D eigenvalue weighted by atomic mass is 16.5. The van der Waals surface area contributed by atoms with Crippen LogP contribution in [0.2, 0.25) is 0 Å². The van der Waals surface area contributed by atoms with Crippen molar-refractivity contribution in [1.29, 1.82) is 0 Å². The third-order valence-corrected chi connectivity index (χ3v) is 5.04. The maximum atomic E-state index is 11.3. The highest BCUT2D eigenvalue weighted by molar-refractivity contribution is 5.76. The van der Waals surface area contributed by atoms with Crippen molar-refractivity contribution in [3.8, 4) is 5.75 Å². The summed E-state index contributed by atoms with van der Waals surface area (Å²) in [5.74, 6) is 0.861. The first-order chi connectivity index (χ1) is 11.0. The molecule has 1 aromatic rings. The fourth-order valence-corrected chi connectivity index (χ4v) is 3.55. The van der Waals surface area contributed by atoms with Crippen LogP contribution in [0.4, 0.5) is 5.69 Å². The maximum absolute atomic E-state index is 11.3. The van der Waals surface area contributed by atoms with Crippen LogP contribution in [0.3, 0.4) is 0 Å². The van der Waals surface area contributed by atoms with Crippen molar-refractivity contribution in [1.82, 2.24) is 4.90 Å². The van der Waals surface area contributed by atoms with Crippen LogP contribution in [0, 0.1) is 5.92 Å². The Hall–Kier alpha value is -1.75. The molecule has 0 aliphatic carbocycles. The minimum atomic E-state index is -0.146. The molecule has 0 bridgehead atoms. The number of nitrogens with one attached hydrogen (secondary N) is 1. The van der Waals surface area contributed by atoms with Gasteiger partial charge in [0.05, 0.1) is 12.2 Å². The third-order valence-electron chi connectivity index (χ3n) is 5.04. The van der Waals surface area contributed by atoms with Crippen LogP contribution < -0.4 is 15.8 Å². The van der Waals surface area contributed by atoms with Crippen LogP contribution >= 0.6 is 0 Å². The van der Waals surface area contributed by atoms with Crippen LogP contribution in [-0.2, 0) is 11.2 Å². The summed E-state index contributed by atoms with van der Waals surface area (Å²) < 4.78 is 5.83. The lowest BCUT2D eigenvalue weighted by Gasteiger charge is -2.35. The van der Waals surface area contributed by atoms with Crippen molar-refractivity contribution in [3.63, 3.8) is 0 Å². The topological polar surface area (TPSA) is 67.6 Å². The molecular weight excluding hydrogens is 290 g/mol. The summed E-state index contributed by atoms with van der Waals surface area (Å²) in [5.41, 5.74) is 7.83. The number of hydrogen-bond acceptors (Lipinski definition) is 4. The number of hydrogen-bond donors (Lipinski definition) is 2. The van der Waals surface area contributed by atoms with Crippen molar-refractivity contribution in [2.75, 3.05) is 25.0 Å². The van der Waals surface area contributed by atoms with Gasteiger partial charge in [-0.15, -0.1) is 0 Å². The van der Waals surface area contributed by atoms with Crippen molar-refractivity contribution in [2.45, 2.75) is 45.3 Å². The highest BCUT2D eigenvalue weighted by Crippen LogP contribution is 2.30. The Morgan fingerprint density at radius 2 is 2.17 bits per heavy atom. The van der Waals surface area contributed by atoms with Crippen molar-refractivity contribution in [3.05, 3.63) is 23.8 Å². The molecule has 2 aliphatic rings. The number of carbonyl (C=O) groups is 1. The van der Waals surface area contributed by atoms with Gasteiger partial charge in [0.2, 0.25) is 5.91 Å². The van der Waals surface area contributed by atoms with Gasteiger partial charge < -0.3 is 20.7 Å². The maximum Gasteiger partial charge on any atom is 0.220 e. The molecule has 1 saturated heterocycles. The Morgan fingerprint density at radius 1 is 1.43 bits per heavy atom. The predicted octanol–water partition coefficient (Wildman–Crippen LogP) is 2.01. The lowest BCUT2D eigenvalue weighted by Crippen LogP contribution is -2.43. The average Bonchev–Trinajstić information content (AvgIpc) is 2.55. The number of benzene rings is 1. The van der Waals surface area contributed by atoms with Gasteiger partial charge in [-0.3, -0.25) is 4.79 Å². The average molecular weight is 317 g/mol. The first-order valence-corrected chi connectivity index (χ1v) is 8.59. The number of amides is 1. The third kappa shape index (κ3) is 3.78. The zero-order valence-corrected chi connectivity index (χ0v) is 14.0. The van der Waals surface area contributed by atoms with E-state index in [-0.39, 0.29) is 17.9 Å². The van der Waals surface area contributed by atoms with Gasteiger partial charge in [-0.25, -0.2) is 0 Å². The highest BCUT2D eigenvalue weighted by Gasteiger charge is 2.26. The van der Waals surface area contributed by atoms with Gasteiger partial charge in [0, 0.05) is 12.0 Å². The van der Waals surface area contributed by atoms with Crippen LogP contribution in [0.15, 0.2) is 18.2 Å². The van der Waals surface area contributed by atoms with E-state index in [1.54, 1.807) is 0 Å². The molecule has 1 fully saturated rings. The first-order valence-electron chi connectivity index (χ1n) is 8.59. The van der Waals surface area contributed by atoms with E-state index in [9.17, 15) is 4.79 Å². The second-order valence-corrected chi connectivity index (χ2v) is 6.91. The molecule has 0 spiro atoms. The summed E-state index contributed by atoms with van der Waals surface area (Å²) in [6.45, 7) is 7.10. The number of piperidine rings is 1. The van der Waals surface area contributed by atoms with Crippen molar-refractivity contribution < 1.29 is 9.53 Å². The summed E-state index contributed by atoms with van der Waals surface area (Å²) in [6, 6.07) is 6.89. The zero-order chi connectivity index (χ0) is 16.4. The van der Waals surface area contributed by atoms with Crippen LogP contribution in [0.1, 0.15) is 32.3 Å². The standard InChI is InChI=1S/C18H27N3O2/c1-12(21-7-5-15(6-8-21)18(19)22)9-14-3-4-17-16(10-14)20-11-13(2)23-17/h3-4,10,12-13,15,20H,5-9,11H2,1-2H3,(H2,19,22). The van der Waals surface area contributed by atoms with Crippen LogP contribution in [0.5, 0.6) is 5.75 Å². The Morgan fingerprint density at radius 3 is 2.87 bits per heavy atom. The minimum Gasteiger partial charge on any atom is -0.487 e. The molecule has 2 heterocycles. The minimum absolute atomic E-state index is 0.0607. The quantitative estimate of drug-likeness (QED) is 0.891.